The molecule has 0 saturated heterocycles. The Morgan fingerprint density at radius 3 is 2.70 bits per heavy atom. The molecule has 0 aromatic heterocycles. The van der Waals surface area contributed by atoms with Gasteiger partial charge in [0.2, 0.25) is 0 Å². The lowest BCUT2D eigenvalue weighted by atomic mass is 10.2. The van der Waals surface area contributed by atoms with Gasteiger partial charge in [-0.25, -0.2) is 0 Å². The van der Waals surface area contributed by atoms with Crippen molar-refractivity contribution in [1.29, 1.82) is 0 Å². The molecule has 10 heavy (non-hydrogen) atoms. The average molecular weight is 162 g/mol. The van der Waals surface area contributed by atoms with Gasteiger partial charge in [-0.2, -0.15) is 12.6 Å². The third kappa shape index (κ3) is 5.95. The molecule has 2 nitrogen and oxygen atoms in total. The van der Waals surface area contributed by atoms with E-state index in [4.69, 9.17) is 4.74 Å². The first kappa shape index (κ1) is 9.82. The zero-order valence-corrected chi connectivity index (χ0v) is 7.36. The molecule has 0 bridgehead atoms. The molecule has 3 heteroatoms. The van der Waals surface area contributed by atoms with Crippen LogP contribution in [0.4, 0.5) is 0 Å². The summed E-state index contributed by atoms with van der Waals surface area (Å²) >= 11 is 4.13. The van der Waals surface area contributed by atoms with Gasteiger partial charge in [0.15, 0.2) is 0 Å². The van der Waals surface area contributed by atoms with Gasteiger partial charge in [0.1, 0.15) is 0 Å². The number of ether oxygens (including phenoxy) is 1. The van der Waals surface area contributed by atoms with E-state index in [9.17, 15) is 4.79 Å². The van der Waals surface area contributed by atoms with Crippen LogP contribution in [0.1, 0.15) is 26.7 Å². The van der Waals surface area contributed by atoms with Crippen molar-refractivity contribution in [3.8, 4) is 0 Å². The highest BCUT2D eigenvalue weighted by atomic mass is 32.1. The molecule has 0 fully saturated rings. The van der Waals surface area contributed by atoms with Crippen molar-refractivity contribution >= 4 is 18.6 Å². The number of esters is 1. The molecule has 60 valence electrons. The molecule has 0 unspecified atom stereocenters. The maximum atomic E-state index is 10.7. The molecule has 0 aliphatic heterocycles. The van der Waals surface area contributed by atoms with Crippen LogP contribution in [0.2, 0.25) is 0 Å². The van der Waals surface area contributed by atoms with Crippen LogP contribution in [0.15, 0.2) is 0 Å². The Hall–Kier alpha value is -0.180. The highest BCUT2D eigenvalue weighted by Gasteiger charge is 2.02. The summed E-state index contributed by atoms with van der Waals surface area (Å²) < 4.78 is 4.72. The first-order chi connectivity index (χ1) is 4.66. The van der Waals surface area contributed by atoms with E-state index in [1.807, 2.05) is 13.8 Å². The Morgan fingerprint density at radius 2 is 2.30 bits per heavy atom. The molecule has 0 N–H and O–H groups in total. The van der Waals surface area contributed by atoms with Crippen molar-refractivity contribution in [2.75, 3.05) is 6.61 Å². The molecule has 0 radical (unpaired) electrons. The Balaban J connectivity index is 3.22. The third-order valence-electron chi connectivity index (χ3n) is 1.07. The Bertz CT molecular complexity index is 102. The molecule has 1 atom stereocenters. The Kier molecular flexibility index (Phi) is 5.49. The second-order valence-electron chi connectivity index (χ2n) is 2.19. The molecule has 0 aromatic rings. The van der Waals surface area contributed by atoms with Gasteiger partial charge in [-0.05, 0) is 18.6 Å². The number of hydrogen-bond donors (Lipinski definition) is 1. The lowest BCUT2D eigenvalue weighted by Crippen LogP contribution is -2.05. The van der Waals surface area contributed by atoms with E-state index in [1.54, 1.807) is 0 Å². The van der Waals surface area contributed by atoms with Crippen molar-refractivity contribution in [1.82, 2.24) is 0 Å². The van der Waals surface area contributed by atoms with Crippen molar-refractivity contribution in [3.63, 3.8) is 0 Å². The molecule has 0 rings (SSSR count). The minimum atomic E-state index is -0.122. The van der Waals surface area contributed by atoms with E-state index in [2.05, 4.69) is 12.6 Å². The highest BCUT2D eigenvalue weighted by Crippen LogP contribution is 2.03. The minimum Gasteiger partial charge on any atom is -0.466 e. The predicted molar refractivity (Wildman–Crippen MR) is 44.3 cm³/mol. The Labute approximate surface area is 67.4 Å². The highest BCUT2D eigenvalue weighted by molar-refractivity contribution is 7.80. The van der Waals surface area contributed by atoms with E-state index >= 15 is 0 Å². The van der Waals surface area contributed by atoms with E-state index in [1.165, 1.54) is 0 Å². The smallest absolute Gasteiger partial charge is 0.305 e. The summed E-state index contributed by atoms with van der Waals surface area (Å²) in [7, 11) is 0. The summed E-state index contributed by atoms with van der Waals surface area (Å²) in [5.74, 6) is -0.122. The molecule has 0 saturated carbocycles. The summed E-state index contributed by atoms with van der Waals surface area (Å²) in [6.45, 7) is 4.24. The molecule has 0 spiro atoms. The number of carbonyl (C=O) groups is 1. The van der Waals surface area contributed by atoms with E-state index in [-0.39, 0.29) is 11.2 Å². The van der Waals surface area contributed by atoms with Crippen LogP contribution in [-0.4, -0.2) is 17.8 Å². The van der Waals surface area contributed by atoms with Gasteiger partial charge in [-0.15, -0.1) is 0 Å². The first-order valence-electron chi connectivity index (χ1n) is 3.50. The summed E-state index contributed by atoms with van der Waals surface area (Å²) in [6, 6.07) is 0. The number of carbonyl (C=O) groups excluding carboxylic acids is 1. The minimum absolute atomic E-state index is 0.122. The summed E-state index contributed by atoms with van der Waals surface area (Å²) in [5, 5.41) is 0.282. The van der Waals surface area contributed by atoms with Crippen molar-refractivity contribution < 1.29 is 9.53 Å². The van der Waals surface area contributed by atoms with Crippen LogP contribution in [-0.2, 0) is 9.53 Å². The number of rotatable bonds is 4. The SMILES string of the molecule is CCOC(=O)CC[C@@H](C)S. The third-order valence-corrected chi connectivity index (χ3v) is 1.33. The van der Waals surface area contributed by atoms with E-state index < -0.39 is 0 Å². The second-order valence-corrected chi connectivity index (χ2v) is 3.07. The first-order valence-corrected chi connectivity index (χ1v) is 4.02. The van der Waals surface area contributed by atoms with Gasteiger partial charge in [0.05, 0.1) is 6.61 Å². The average Bonchev–Trinajstić information content (AvgIpc) is 1.85. The second kappa shape index (κ2) is 5.59. The summed E-state index contributed by atoms with van der Waals surface area (Å²) in [6.07, 6.45) is 1.28. The lowest BCUT2D eigenvalue weighted by Gasteiger charge is -2.02. The summed E-state index contributed by atoms with van der Waals surface area (Å²) in [5.41, 5.74) is 0. The van der Waals surface area contributed by atoms with Crippen molar-refractivity contribution in [2.45, 2.75) is 31.9 Å². The van der Waals surface area contributed by atoms with Crippen LogP contribution in [0.5, 0.6) is 0 Å². The van der Waals surface area contributed by atoms with Crippen molar-refractivity contribution in [3.05, 3.63) is 0 Å². The zero-order valence-electron chi connectivity index (χ0n) is 6.46. The molecular formula is C7H14O2S. The van der Waals surface area contributed by atoms with Crippen LogP contribution < -0.4 is 0 Å². The molecule has 0 aliphatic carbocycles. The molecule has 0 amide bonds. The molecule has 0 aliphatic rings. The normalized spacial score (nSPS) is 12.7. The van der Waals surface area contributed by atoms with Gasteiger partial charge in [0.25, 0.3) is 0 Å². The fourth-order valence-electron chi connectivity index (χ4n) is 0.560. The van der Waals surface area contributed by atoms with Crippen LogP contribution in [0.3, 0.4) is 0 Å². The lowest BCUT2D eigenvalue weighted by molar-refractivity contribution is -0.143. The largest absolute Gasteiger partial charge is 0.466 e. The molecule has 0 aromatic carbocycles. The maximum absolute atomic E-state index is 10.7. The standard InChI is InChI=1S/C7H14O2S/c1-3-9-7(8)5-4-6(2)10/h6,10H,3-5H2,1-2H3/t6-/m1/s1. The van der Waals surface area contributed by atoms with Gasteiger partial charge in [0, 0.05) is 6.42 Å². The van der Waals surface area contributed by atoms with Crippen molar-refractivity contribution in [2.24, 2.45) is 0 Å². The molecule has 0 heterocycles. The number of hydrogen-bond acceptors (Lipinski definition) is 3. The predicted octanol–water partition coefficient (Wildman–Crippen LogP) is 1.65. The summed E-state index contributed by atoms with van der Waals surface area (Å²) in [4.78, 5) is 10.7. The van der Waals surface area contributed by atoms with E-state index in [0.29, 0.717) is 13.0 Å². The van der Waals surface area contributed by atoms with Gasteiger partial charge in [-0.3, -0.25) is 4.79 Å². The van der Waals surface area contributed by atoms with Gasteiger partial charge >= 0.3 is 5.97 Å². The van der Waals surface area contributed by atoms with Crippen LogP contribution in [0.25, 0.3) is 0 Å². The fraction of sp³-hybridized carbons (Fsp3) is 0.857. The van der Waals surface area contributed by atoms with E-state index in [0.717, 1.165) is 6.42 Å². The van der Waals surface area contributed by atoms with Crippen LogP contribution in [0, 0.1) is 0 Å². The molecular weight excluding hydrogens is 148 g/mol. The maximum Gasteiger partial charge on any atom is 0.305 e. The van der Waals surface area contributed by atoms with Gasteiger partial charge in [-0.1, -0.05) is 6.92 Å². The monoisotopic (exact) mass is 162 g/mol. The number of thiol groups is 1. The fourth-order valence-corrected chi connectivity index (χ4v) is 0.689. The van der Waals surface area contributed by atoms with Crippen LogP contribution >= 0.6 is 12.6 Å². The topological polar surface area (TPSA) is 26.3 Å². The zero-order chi connectivity index (χ0) is 7.98. The quantitative estimate of drug-likeness (QED) is 0.502. The Morgan fingerprint density at radius 1 is 1.70 bits per heavy atom. The van der Waals surface area contributed by atoms with Gasteiger partial charge < -0.3 is 4.74 Å².